The highest BCUT2D eigenvalue weighted by molar-refractivity contribution is 5.16. The van der Waals surface area contributed by atoms with Crippen LogP contribution in [0.1, 0.15) is 164 Å². The molecule has 0 nitrogen and oxygen atoms in total. The van der Waals surface area contributed by atoms with Crippen LogP contribution in [0.25, 0.3) is 0 Å². The maximum atomic E-state index is 4.38. The summed E-state index contributed by atoms with van der Waals surface area (Å²) in [7, 11) is 0. The predicted molar refractivity (Wildman–Crippen MR) is 184 cm³/mol. The molecule has 0 aliphatic heterocycles. The predicted octanol–water partition coefficient (Wildman–Crippen LogP) is 13.8. The second-order valence-electron chi connectivity index (χ2n) is 14.1. The molecule has 3 atom stereocenters. The molecule has 0 heterocycles. The first-order valence-corrected chi connectivity index (χ1v) is 17.4. The SMILES string of the molecule is C=CCCCC=C(C)CCC(CCC)CC(CC(C=C)C1CCCCC1)=C(C)CC(CCC)CCC(C)(C)C=C. The van der Waals surface area contributed by atoms with E-state index in [0.717, 1.165) is 24.2 Å². The lowest BCUT2D eigenvalue weighted by atomic mass is 9.74. The molecule has 0 radical (unpaired) electrons. The van der Waals surface area contributed by atoms with Crippen molar-refractivity contribution in [1.82, 2.24) is 0 Å². The topological polar surface area (TPSA) is 0 Å². The van der Waals surface area contributed by atoms with E-state index in [9.17, 15) is 0 Å². The van der Waals surface area contributed by atoms with Crippen LogP contribution in [0, 0.1) is 29.1 Å². The highest BCUT2D eigenvalue weighted by atomic mass is 14.3. The Morgan fingerprint density at radius 2 is 1.48 bits per heavy atom. The van der Waals surface area contributed by atoms with Crippen molar-refractivity contribution in [3.63, 3.8) is 0 Å². The summed E-state index contributed by atoms with van der Waals surface area (Å²) in [5.74, 6) is 3.09. The Morgan fingerprint density at radius 3 is 2.05 bits per heavy atom. The van der Waals surface area contributed by atoms with Crippen molar-refractivity contribution >= 4 is 0 Å². The van der Waals surface area contributed by atoms with E-state index in [-0.39, 0.29) is 5.41 Å². The van der Waals surface area contributed by atoms with Crippen molar-refractivity contribution in [2.24, 2.45) is 29.1 Å². The standard InChI is InChI=1S/C40H70/c1-10-15-16-18-23-33(6)26-27-35(21-11-2)31-39(32-37(13-4)38-24-19-17-20-25-38)34(7)30-36(22-12-3)28-29-40(8,9)14-5/h10,13-14,23,35-38H,1,4-5,11-12,15-22,24-32H2,2-3,6-9H3. The van der Waals surface area contributed by atoms with Gasteiger partial charge in [-0.05, 0) is 120 Å². The Balaban J connectivity index is 3.13. The summed E-state index contributed by atoms with van der Waals surface area (Å²) in [6.07, 6.45) is 34.0. The van der Waals surface area contributed by atoms with Crippen molar-refractivity contribution in [1.29, 1.82) is 0 Å². The van der Waals surface area contributed by atoms with Gasteiger partial charge in [-0.15, -0.1) is 19.7 Å². The fraction of sp³-hybridized carbons (Fsp3) is 0.750. The minimum atomic E-state index is 0.241. The summed E-state index contributed by atoms with van der Waals surface area (Å²) in [6, 6.07) is 0. The van der Waals surface area contributed by atoms with Crippen LogP contribution < -0.4 is 0 Å². The van der Waals surface area contributed by atoms with E-state index >= 15 is 0 Å². The van der Waals surface area contributed by atoms with Gasteiger partial charge in [0, 0.05) is 0 Å². The van der Waals surface area contributed by atoms with E-state index in [1.165, 1.54) is 116 Å². The average molecular weight is 551 g/mol. The van der Waals surface area contributed by atoms with Gasteiger partial charge in [-0.2, -0.15) is 0 Å². The Bertz CT molecular complexity index is 753. The van der Waals surface area contributed by atoms with Gasteiger partial charge < -0.3 is 0 Å². The van der Waals surface area contributed by atoms with Crippen LogP contribution in [0.3, 0.4) is 0 Å². The number of hydrogen-bond acceptors (Lipinski definition) is 0. The van der Waals surface area contributed by atoms with Gasteiger partial charge in [-0.3, -0.25) is 0 Å². The van der Waals surface area contributed by atoms with E-state index < -0.39 is 0 Å². The minimum absolute atomic E-state index is 0.241. The molecular weight excluding hydrogens is 480 g/mol. The van der Waals surface area contributed by atoms with Crippen molar-refractivity contribution in [2.45, 2.75) is 164 Å². The van der Waals surface area contributed by atoms with Gasteiger partial charge in [0.15, 0.2) is 0 Å². The highest BCUT2D eigenvalue weighted by Crippen LogP contribution is 2.39. The first-order valence-electron chi connectivity index (χ1n) is 17.4. The third-order valence-corrected chi connectivity index (χ3v) is 9.97. The quantitative estimate of drug-likeness (QED) is 0.0876. The number of allylic oxidation sites excluding steroid dienone is 7. The summed E-state index contributed by atoms with van der Waals surface area (Å²) in [4.78, 5) is 0. The van der Waals surface area contributed by atoms with Crippen LogP contribution in [0.5, 0.6) is 0 Å². The summed E-state index contributed by atoms with van der Waals surface area (Å²) < 4.78 is 0. The summed E-state index contributed by atoms with van der Waals surface area (Å²) in [5.41, 5.74) is 5.34. The monoisotopic (exact) mass is 551 g/mol. The van der Waals surface area contributed by atoms with Crippen molar-refractivity contribution in [3.8, 4) is 0 Å². The molecule has 1 rings (SSSR count). The van der Waals surface area contributed by atoms with Gasteiger partial charge in [0.25, 0.3) is 0 Å². The zero-order valence-corrected chi connectivity index (χ0v) is 28.2. The summed E-state index contributed by atoms with van der Waals surface area (Å²) >= 11 is 0. The molecule has 230 valence electrons. The molecule has 0 aromatic rings. The molecule has 3 unspecified atom stereocenters. The van der Waals surface area contributed by atoms with Crippen LogP contribution in [0.2, 0.25) is 0 Å². The van der Waals surface area contributed by atoms with Gasteiger partial charge in [0.2, 0.25) is 0 Å². The first-order chi connectivity index (χ1) is 19.2. The lowest BCUT2D eigenvalue weighted by molar-refractivity contribution is 0.280. The van der Waals surface area contributed by atoms with E-state index in [1.54, 1.807) is 16.7 Å². The van der Waals surface area contributed by atoms with Crippen LogP contribution >= 0.6 is 0 Å². The van der Waals surface area contributed by atoms with E-state index in [0.29, 0.717) is 5.92 Å². The Kier molecular flexibility index (Phi) is 19.7. The van der Waals surface area contributed by atoms with E-state index in [1.807, 2.05) is 6.08 Å². The van der Waals surface area contributed by atoms with Gasteiger partial charge in [0.1, 0.15) is 0 Å². The van der Waals surface area contributed by atoms with Crippen LogP contribution in [0.15, 0.2) is 60.8 Å². The molecule has 1 aliphatic rings. The van der Waals surface area contributed by atoms with Crippen molar-refractivity contribution in [2.75, 3.05) is 0 Å². The minimum Gasteiger partial charge on any atom is -0.103 e. The third-order valence-electron chi connectivity index (χ3n) is 9.97. The van der Waals surface area contributed by atoms with Gasteiger partial charge >= 0.3 is 0 Å². The molecule has 0 amide bonds. The maximum absolute atomic E-state index is 4.38. The maximum Gasteiger partial charge on any atom is -0.0170 e. The molecule has 1 saturated carbocycles. The number of rotatable bonds is 23. The third kappa shape index (κ3) is 15.6. The van der Waals surface area contributed by atoms with Crippen LogP contribution in [-0.4, -0.2) is 0 Å². The molecule has 0 heteroatoms. The number of unbranched alkanes of at least 4 members (excludes halogenated alkanes) is 2. The lowest BCUT2D eigenvalue weighted by Crippen LogP contribution is -2.18. The van der Waals surface area contributed by atoms with Gasteiger partial charge in [-0.25, -0.2) is 0 Å². The van der Waals surface area contributed by atoms with Gasteiger partial charge in [0.05, 0.1) is 0 Å². The van der Waals surface area contributed by atoms with Crippen LogP contribution in [-0.2, 0) is 0 Å². The smallest absolute Gasteiger partial charge is 0.0170 e. The largest absolute Gasteiger partial charge is 0.103 e. The molecule has 0 spiro atoms. The van der Waals surface area contributed by atoms with Crippen molar-refractivity contribution in [3.05, 3.63) is 60.8 Å². The lowest BCUT2D eigenvalue weighted by Gasteiger charge is -2.31. The second-order valence-corrected chi connectivity index (χ2v) is 14.1. The fourth-order valence-electron chi connectivity index (χ4n) is 6.98. The van der Waals surface area contributed by atoms with Crippen LogP contribution in [0.4, 0.5) is 0 Å². The number of hydrogen-bond donors (Lipinski definition) is 0. The Hall–Kier alpha value is -1.30. The molecule has 0 saturated heterocycles. The zero-order chi connectivity index (χ0) is 29.8. The Morgan fingerprint density at radius 1 is 0.825 bits per heavy atom. The highest BCUT2D eigenvalue weighted by Gasteiger charge is 2.25. The fourth-order valence-corrected chi connectivity index (χ4v) is 6.98. The summed E-state index contributed by atoms with van der Waals surface area (Å²) in [5, 5.41) is 0. The second kappa shape index (κ2) is 21.4. The average Bonchev–Trinajstić information content (AvgIpc) is 2.95. The first kappa shape index (κ1) is 36.7. The molecule has 0 aromatic carbocycles. The molecular formula is C40H70. The molecule has 0 aromatic heterocycles. The zero-order valence-electron chi connectivity index (χ0n) is 28.2. The molecule has 1 fully saturated rings. The Labute approximate surface area is 253 Å². The summed E-state index contributed by atoms with van der Waals surface area (Å²) in [6.45, 7) is 26.7. The normalized spacial score (nSPS) is 18.1. The van der Waals surface area contributed by atoms with Crippen molar-refractivity contribution < 1.29 is 0 Å². The van der Waals surface area contributed by atoms with E-state index in [4.69, 9.17) is 0 Å². The molecule has 0 N–H and O–H groups in total. The molecule has 1 aliphatic carbocycles. The van der Waals surface area contributed by atoms with E-state index in [2.05, 4.69) is 79.5 Å². The molecule has 40 heavy (non-hydrogen) atoms. The van der Waals surface area contributed by atoms with Gasteiger partial charge in [-0.1, -0.05) is 114 Å². The molecule has 0 bridgehead atoms.